The lowest BCUT2D eigenvalue weighted by Gasteiger charge is -2.22. The zero-order chi connectivity index (χ0) is 18.4. The monoisotopic (exact) mass is 340 g/mol. The summed E-state index contributed by atoms with van der Waals surface area (Å²) in [5, 5.41) is 2.48. The van der Waals surface area contributed by atoms with Gasteiger partial charge in [-0.15, -0.1) is 0 Å². The molecule has 2 rings (SSSR count). The smallest absolute Gasteiger partial charge is 0.316 e. The first kappa shape index (κ1) is 18.3. The number of carbonyl (C=O) groups is 2. The standard InChI is InChI=1S/C19H24N4O2/c1-4-23(13-14-5-11-17(12-6-14)22(2)3)18(24)15-7-9-16(10-8-15)21-19(20)25/h5-12H,4,13H2,1-3H3,(H3,20,21,25). The van der Waals surface area contributed by atoms with Gasteiger partial charge in [0.15, 0.2) is 0 Å². The van der Waals surface area contributed by atoms with E-state index in [4.69, 9.17) is 5.73 Å². The van der Waals surface area contributed by atoms with Crippen LogP contribution in [0.4, 0.5) is 16.2 Å². The van der Waals surface area contributed by atoms with Crippen molar-refractivity contribution in [2.75, 3.05) is 30.9 Å². The van der Waals surface area contributed by atoms with Gasteiger partial charge in [0, 0.05) is 44.1 Å². The van der Waals surface area contributed by atoms with Gasteiger partial charge in [0.25, 0.3) is 5.91 Å². The molecule has 3 N–H and O–H groups in total. The first-order chi connectivity index (χ1) is 11.9. The van der Waals surface area contributed by atoms with Crippen LogP contribution in [-0.4, -0.2) is 37.5 Å². The molecule has 0 saturated carbocycles. The van der Waals surface area contributed by atoms with Gasteiger partial charge in [-0.05, 0) is 48.9 Å². The molecule has 3 amide bonds. The molecule has 6 heteroatoms. The topological polar surface area (TPSA) is 78.7 Å². The summed E-state index contributed by atoms with van der Waals surface area (Å²) in [5.41, 5.74) is 8.41. The highest BCUT2D eigenvalue weighted by Gasteiger charge is 2.14. The fraction of sp³-hybridized carbons (Fsp3) is 0.263. The quantitative estimate of drug-likeness (QED) is 0.848. The fourth-order valence-electron chi connectivity index (χ4n) is 2.47. The van der Waals surface area contributed by atoms with E-state index in [2.05, 4.69) is 5.32 Å². The molecule has 0 fully saturated rings. The third-order valence-corrected chi connectivity index (χ3v) is 3.89. The number of amides is 3. The van der Waals surface area contributed by atoms with Crippen molar-refractivity contribution < 1.29 is 9.59 Å². The second-order valence-corrected chi connectivity index (χ2v) is 5.95. The number of hydrogen-bond acceptors (Lipinski definition) is 3. The number of hydrogen-bond donors (Lipinski definition) is 2. The van der Waals surface area contributed by atoms with Crippen LogP contribution >= 0.6 is 0 Å². The zero-order valence-corrected chi connectivity index (χ0v) is 14.8. The maximum atomic E-state index is 12.7. The summed E-state index contributed by atoms with van der Waals surface area (Å²) in [6, 6.07) is 14.2. The second kappa shape index (κ2) is 8.19. The lowest BCUT2D eigenvalue weighted by Crippen LogP contribution is -2.30. The van der Waals surface area contributed by atoms with Crippen LogP contribution in [0.1, 0.15) is 22.8 Å². The van der Waals surface area contributed by atoms with Gasteiger partial charge >= 0.3 is 6.03 Å². The van der Waals surface area contributed by atoms with Gasteiger partial charge in [0.2, 0.25) is 0 Å². The largest absolute Gasteiger partial charge is 0.378 e. The maximum absolute atomic E-state index is 12.7. The lowest BCUT2D eigenvalue weighted by atomic mass is 10.1. The molecular formula is C19H24N4O2. The predicted octanol–water partition coefficient (Wildman–Crippen LogP) is 2.91. The van der Waals surface area contributed by atoms with Crippen molar-refractivity contribution in [3.8, 4) is 0 Å². The highest BCUT2D eigenvalue weighted by Crippen LogP contribution is 2.16. The normalized spacial score (nSPS) is 10.2. The van der Waals surface area contributed by atoms with Crippen molar-refractivity contribution in [3.63, 3.8) is 0 Å². The molecule has 0 aliphatic rings. The first-order valence-electron chi connectivity index (χ1n) is 8.12. The minimum absolute atomic E-state index is 0.0511. The average molecular weight is 340 g/mol. The molecule has 6 nitrogen and oxygen atoms in total. The Morgan fingerprint density at radius 2 is 1.60 bits per heavy atom. The van der Waals surface area contributed by atoms with E-state index in [1.807, 2.05) is 50.2 Å². The third-order valence-electron chi connectivity index (χ3n) is 3.89. The minimum Gasteiger partial charge on any atom is -0.378 e. The third kappa shape index (κ3) is 4.97. The van der Waals surface area contributed by atoms with Crippen molar-refractivity contribution in [1.82, 2.24) is 4.90 Å². The van der Waals surface area contributed by atoms with E-state index in [0.717, 1.165) is 11.3 Å². The molecular weight excluding hydrogens is 316 g/mol. The number of nitrogens with two attached hydrogens (primary N) is 1. The number of nitrogens with one attached hydrogen (secondary N) is 1. The number of carbonyl (C=O) groups excluding carboxylic acids is 2. The highest BCUT2D eigenvalue weighted by molar-refractivity contribution is 5.95. The van der Waals surface area contributed by atoms with Crippen molar-refractivity contribution in [2.45, 2.75) is 13.5 Å². The van der Waals surface area contributed by atoms with Crippen molar-refractivity contribution in [2.24, 2.45) is 5.73 Å². The summed E-state index contributed by atoms with van der Waals surface area (Å²) in [6.45, 7) is 3.11. The first-order valence-corrected chi connectivity index (χ1v) is 8.12. The van der Waals surface area contributed by atoms with Crippen LogP contribution in [-0.2, 0) is 6.54 Å². The number of rotatable bonds is 6. The van der Waals surface area contributed by atoms with E-state index in [0.29, 0.717) is 24.3 Å². The van der Waals surface area contributed by atoms with Crippen LogP contribution in [0.15, 0.2) is 48.5 Å². The van der Waals surface area contributed by atoms with E-state index < -0.39 is 6.03 Å². The van der Waals surface area contributed by atoms with Crippen LogP contribution in [0, 0.1) is 0 Å². The molecule has 0 aliphatic carbocycles. The lowest BCUT2D eigenvalue weighted by molar-refractivity contribution is 0.0752. The van der Waals surface area contributed by atoms with E-state index in [-0.39, 0.29) is 5.91 Å². The van der Waals surface area contributed by atoms with E-state index >= 15 is 0 Å². The van der Waals surface area contributed by atoms with Crippen LogP contribution < -0.4 is 16.0 Å². The molecule has 0 heterocycles. The number of anilines is 2. The van der Waals surface area contributed by atoms with Crippen molar-refractivity contribution >= 4 is 23.3 Å². The van der Waals surface area contributed by atoms with Crippen LogP contribution in [0.25, 0.3) is 0 Å². The molecule has 25 heavy (non-hydrogen) atoms. The van der Waals surface area contributed by atoms with Crippen LogP contribution in [0.3, 0.4) is 0 Å². The summed E-state index contributed by atoms with van der Waals surface area (Å²) < 4.78 is 0. The Hall–Kier alpha value is -3.02. The molecule has 0 spiro atoms. The molecule has 2 aromatic rings. The summed E-state index contributed by atoms with van der Waals surface area (Å²) >= 11 is 0. The van der Waals surface area contributed by atoms with Gasteiger partial charge in [-0.1, -0.05) is 12.1 Å². The van der Waals surface area contributed by atoms with Crippen molar-refractivity contribution in [1.29, 1.82) is 0 Å². The van der Waals surface area contributed by atoms with Gasteiger partial charge in [-0.25, -0.2) is 4.79 Å². The van der Waals surface area contributed by atoms with Gasteiger partial charge < -0.3 is 20.9 Å². The molecule has 0 bridgehead atoms. The Morgan fingerprint density at radius 1 is 1.00 bits per heavy atom. The van der Waals surface area contributed by atoms with Gasteiger partial charge in [0.1, 0.15) is 0 Å². The van der Waals surface area contributed by atoms with Gasteiger partial charge in [-0.3, -0.25) is 4.79 Å². The Bertz CT molecular complexity index is 724. The molecule has 132 valence electrons. The number of primary amides is 1. The zero-order valence-electron chi connectivity index (χ0n) is 14.8. The average Bonchev–Trinajstić information content (AvgIpc) is 2.59. The highest BCUT2D eigenvalue weighted by atomic mass is 16.2. The fourth-order valence-corrected chi connectivity index (χ4v) is 2.47. The van der Waals surface area contributed by atoms with E-state index in [1.165, 1.54) is 0 Å². The Kier molecular flexibility index (Phi) is 6.00. The number of benzene rings is 2. The van der Waals surface area contributed by atoms with E-state index in [1.54, 1.807) is 29.2 Å². The second-order valence-electron chi connectivity index (χ2n) is 5.95. The van der Waals surface area contributed by atoms with Gasteiger partial charge in [0.05, 0.1) is 0 Å². The molecule has 0 radical (unpaired) electrons. The molecule has 0 aliphatic heterocycles. The maximum Gasteiger partial charge on any atom is 0.316 e. The number of nitrogens with zero attached hydrogens (tertiary/aromatic N) is 2. The Labute approximate surface area is 148 Å². The molecule has 2 aromatic carbocycles. The van der Waals surface area contributed by atoms with E-state index in [9.17, 15) is 9.59 Å². The molecule has 0 atom stereocenters. The molecule has 0 aromatic heterocycles. The summed E-state index contributed by atoms with van der Waals surface area (Å²) in [7, 11) is 3.99. The number of urea groups is 1. The predicted molar refractivity (Wildman–Crippen MR) is 101 cm³/mol. The summed E-state index contributed by atoms with van der Waals surface area (Å²) in [5.74, 6) is -0.0511. The van der Waals surface area contributed by atoms with Crippen molar-refractivity contribution in [3.05, 3.63) is 59.7 Å². The van der Waals surface area contributed by atoms with Crippen LogP contribution in [0.2, 0.25) is 0 Å². The Morgan fingerprint density at radius 3 is 2.08 bits per heavy atom. The van der Waals surface area contributed by atoms with Gasteiger partial charge in [-0.2, -0.15) is 0 Å². The summed E-state index contributed by atoms with van der Waals surface area (Å²) in [4.78, 5) is 27.4. The summed E-state index contributed by atoms with van der Waals surface area (Å²) in [6.07, 6.45) is 0. The van der Waals surface area contributed by atoms with Crippen LogP contribution in [0.5, 0.6) is 0 Å². The minimum atomic E-state index is -0.629. The SMILES string of the molecule is CCN(Cc1ccc(N(C)C)cc1)C(=O)c1ccc(NC(N)=O)cc1. The molecule has 0 unspecified atom stereocenters. The molecule has 0 saturated heterocycles. The Balaban J connectivity index is 2.08.